The van der Waals surface area contributed by atoms with E-state index in [-0.39, 0.29) is 12.3 Å². The zero-order valence-electron chi connectivity index (χ0n) is 11.5. The molecule has 0 saturated carbocycles. The summed E-state index contributed by atoms with van der Waals surface area (Å²) >= 11 is 0. The lowest BCUT2D eigenvalue weighted by molar-refractivity contribution is 0.0692. The molecule has 6 nitrogen and oxygen atoms in total. The third kappa shape index (κ3) is 3.45. The van der Waals surface area contributed by atoms with Gasteiger partial charge in [0.1, 0.15) is 5.82 Å². The lowest BCUT2D eigenvalue weighted by Gasteiger charge is -2.33. The van der Waals surface area contributed by atoms with Gasteiger partial charge in [-0.2, -0.15) is 0 Å². The van der Waals surface area contributed by atoms with E-state index in [1.165, 1.54) is 18.0 Å². The molecule has 0 fully saturated rings. The Labute approximate surface area is 115 Å². The Hall–Kier alpha value is -2.15. The molecule has 1 aromatic rings. The molecule has 1 aromatic carbocycles. The van der Waals surface area contributed by atoms with E-state index < -0.39 is 28.9 Å². The molecule has 0 bridgehead atoms. The molecule has 20 heavy (non-hydrogen) atoms. The van der Waals surface area contributed by atoms with Crippen molar-refractivity contribution in [1.82, 2.24) is 4.90 Å². The third-order valence-corrected chi connectivity index (χ3v) is 3.05. The van der Waals surface area contributed by atoms with E-state index in [1.807, 2.05) is 0 Å². The maximum absolute atomic E-state index is 13.2. The number of halogens is 1. The highest BCUT2D eigenvalue weighted by Gasteiger charge is 2.27. The summed E-state index contributed by atoms with van der Waals surface area (Å²) in [5.74, 6) is -2.29. The number of anilines is 1. The Kier molecular flexibility index (Phi) is 4.67. The molecule has 0 spiro atoms. The van der Waals surface area contributed by atoms with Gasteiger partial charge in [-0.15, -0.1) is 0 Å². The number of hydrogen-bond acceptors (Lipinski definition) is 3. The van der Waals surface area contributed by atoms with Crippen LogP contribution in [0.5, 0.6) is 0 Å². The van der Waals surface area contributed by atoms with Crippen LogP contribution in [0.4, 0.5) is 14.9 Å². The fourth-order valence-electron chi connectivity index (χ4n) is 1.36. The molecule has 0 atom stereocenters. The Balaban J connectivity index is 2.92. The van der Waals surface area contributed by atoms with Crippen molar-refractivity contribution in [3.05, 3.63) is 29.6 Å². The van der Waals surface area contributed by atoms with Crippen LogP contribution < -0.4 is 5.32 Å². The number of benzene rings is 1. The van der Waals surface area contributed by atoms with Gasteiger partial charge in [0, 0.05) is 12.7 Å². The van der Waals surface area contributed by atoms with Crippen molar-refractivity contribution in [3.8, 4) is 0 Å². The van der Waals surface area contributed by atoms with Gasteiger partial charge in [-0.3, -0.25) is 0 Å². The van der Waals surface area contributed by atoms with Gasteiger partial charge in [0.2, 0.25) is 0 Å². The zero-order valence-corrected chi connectivity index (χ0v) is 11.5. The van der Waals surface area contributed by atoms with Crippen molar-refractivity contribution in [2.45, 2.75) is 19.4 Å². The Morgan fingerprint density at radius 2 is 2.00 bits per heavy atom. The summed E-state index contributed by atoms with van der Waals surface area (Å²) in [5.41, 5.74) is -1.14. The number of carbonyl (C=O) groups is 2. The highest BCUT2D eigenvalue weighted by molar-refractivity contribution is 5.93. The van der Waals surface area contributed by atoms with Gasteiger partial charge in [0.15, 0.2) is 0 Å². The zero-order chi connectivity index (χ0) is 15.5. The molecule has 3 N–H and O–H groups in total. The van der Waals surface area contributed by atoms with E-state index in [4.69, 9.17) is 5.11 Å². The Bertz CT molecular complexity index is 531. The van der Waals surface area contributed by atoms with Gasteiger partial charge in [0.25, 0.3) is 0 Å². The molecule has 0 aromatic heterocycles. The first-order chi connectivity index (χ1) is 9.19. The smallest absolute Gasteiger partial charge is 0.338 e. The minimum atomic E-state index is -1.41. The number of nitrogens with one attached hydrogen (secondary N) is 1. The first-order valence-electron chi connectivity index (χ1n) is 5.87. The van der Waals surface area contributed by atoms with E-state index in [0.717, 1.165) is 12.1 Å². The second-order valence-electron chi connectivity index (χ2n) is 4.96. The number of rotatable bonds is 4. The summed E-state index contributed by atoms with van der Waals surface area (Å²) in [6.07, 6.45) is 0. The van der Waals surface area contributed by atoms with E-state index >= 15 is 0 Å². The largest absolute Gasteiger partial charge is 0.478 e. The van der Waals surface area contributed by atoms with Gasteiger partial charge < -0.3 is 20.4 Å². The fraction of sp³-hybridized carbons (Fsp3) is 0.385. The highest BCUT2D eigenvalue weighted by atomic mass is 19.1. The van der Waals surface area contributed by atoms with Crippen molar-refractivity contribution < 1.29 is 24.2 Å². The van der Waals surface area contributed by atoms with Gasteiger partial charge in [-0.1, -0.05) is 0 Å². The number of aromatic carboxylic acids is 1. The molecular formula is C13H17FN2O4. The predicted octanol–water partition coefficient (Wildman–Crippen LogP) is 1.76. The lowest BCUT2D eigenvalue weighted by Crippen LogP contribution is -2.49. The van der Waals surface area contributed by atoms with E-state index in [0.29, 0.717) is 0 Å². The van der Waals surface area contributed by atoms with Crippen LogP contribution in [0, 0.1) is 5.82 Å². The fourth-order valence-corrected chi connectivity index (χ4v) is 1.36. The van der Waals surface area contributed by atoms with Crippen molar-refractivity contribution in [1.29, 1.82) is 0 Å². The minimum absolute atomic E-state index is 0.161. The van der Waals surface area contributed by atoms with E-state index in [9.17, 15) is 19.1 Å². The van der Waals surface area contributed by atoms with Crippen molar-refractivity contribution in [2.75, 3.05) is 19.0 Å². The maximum Gasteiger partial charge on any atom is 0.338 e. The quantitative estimate of drug-likeness (QED) is 0.786. The van der Waals surface area contributed by atoms with Crippen LogP contribution in [0.25, 0.3) is 0 Å². The summed E-state index contributed by atoms with van der Waals surface area (Å²) in [6.45, 7) is 3.10. The number of nitrogens with zero attached hydrogens (tertiary/aromatic N) is 1. The van der Waals surface area contributed by atoms with Gasteiger partial charge >= 0.3 is 12.0 Å². The molecule has 1 rings (SSSR count). The monoisotopic (exact) mass is 284 g/mol. The third-order valence-electron chi connectivity index (χ3n) is 3.05. The second kappa shape index (κ2) is 5.87. The first-order valence-corrected chi connectivity index (χ1v) is 5.87. The topological polar surface area (TPSA) is 89.9 Å². The Morgan fingerprint density at radius 3 is 2.50 bits per heavy atom. The molecule has 0 aliphatic heterocycles. The summed E-state index contributed by atoms with van der Waals surface area (Å²) in [4.78, 5) is 24.0. The second-order valence-corrected chi connectivity index (χ2v) is 4.96. The van der Waals surface area contributed by atoms with Gasteiger partial charge in [-0.25, -0.2) is 14.0 Å². The number of aliphatic hydroxyl groups excluding tert-OH is 1. The molecule has 0 aliphatic rings. The Morgan fingerprint density at radius 1 is 1.40 bits per heavy atom. The van der Waals surface area contributed by atoms with Crippen LogP contribution in [0.3, 0.4) is 0 Å². The molecule has 0 radical (unpaired) electrons. The van der Waals surface area contributed by atoms with E-state index in [1.54, 1.807) is 13.8 Å². The minimum Gasteiger partial charge on any atom is -0.478 e. The average molecular weight is 284 g/mol. The molecule has 7 heteroatoms. The standard InChI is InChI=1S/C13H17FN2O4/c1-13(2,7-17)16(3)12(20)15-8-4-5-10(14)9(6-8)11(18)19/h4-6,17H,7H2,1-3H3,(H,15,20)(H,18,19). The molecule has 0 unspecified atom stereocenters. The number of aliphatic hydroxyl groups is 1. The highest BCUT2D eigenvalue weighted by Crippen LogP contribution is 2.17. The van der Waals surface area contributed by atoms with E-state index in [2.05, 4.69) is 5.32 Å². The van der Waals surface area contributed by atoms with Crippen LogP contribution in [0.15, 0.2) is 18.2 Å². The van der Waals surface area contributed by atoms with Crippen LogP contribution in [-0.4, -0.2) is 46.3 Å². The number of likely N-dealkylation sites (N-methyl/N-ethyl adjacent to an activating group) is 1. The number of carboxylic acid groups (broad SMARTS) is 1. The van der Waals surface area contributed by atoms with Crippen LogP contribution in [0.2, 0.25) is 0 Å². The number of carbonyl (C=O) groups excluding carboxylic acids is 1. The van der Waals surface area contributed by atoms with Crippen LogP contribution in [0.1, 0.15) is 24.2 Å². The summed E-state index contributed by atoms with van der Waals surface area (Å²) in [5, 5.41) is 20.4. The molecule has 110 valence electrons. The molecule has 2 amide bonds. The van der Waals surface area contributed by atoms with Crippen LogP contribution >= 0.6 is 0 Å². The van der Waals surface area contributed by atoms with Crippen molar-refractivity contribution in [3.63, 3.8) is 0 Å². The lowest BCUT2D eigenvalue weighted by atomic mass is 10.1. The summed E-state index contributed by atoms with van der Waals surface area (Å²) < 4.78 is 13.2. The predicted molar refractivity (Wildman–Crippen MR) is 71.3 cm³/mol. The van der Waals surface area contributed by atoms with Crippen LogP contribution in [-0.2, 0) is 0 Å². The van der Waals surface area contributed by atoms with Crippen molar-refractivity contribution >= 4 is 17.7 Å². The average Bonchev–Trinajstić information content (AvgIpc) is 2.39. The molecular weight excluding hydrogens is 267 g/mol. The summed E-state index contributed by atoms with van der Waals surface area (Å²) in [7, 11) is 1.49. The number of carboxylic acids is 1. The number of hydrogen-bond donors (Lipinski definition) is 3. The first kappa shape index (κ1) is 15.9. The molecule has 0 saturated heterocycles. The molecule has 0 heterocycles. The van der Waals surface area contributed by atoms with Gasteiger partial charge in [0.05, 0.1) is 17.7 Å². The summed E-state index contributed by atoms with van der Waals surface area (Å²) in [6, 6.07) is 2.73. The normalized spacial score (nSPS) is 11.1. The number of urea groups is 1. The van der Waals surface area contributed by atoms with Crippen molar-refractivity contribution in [2.24, 2.45) is 0 Å². The van der Waals surface area contributed by atoms with Gasteiger partial charge in [-0.05, 0) is 32.0 Å². The molecule has 0 aliphatic carbocycles. The number of amides is 2. The maximum atomic E-state index is 13.2. The SMILES string of the molecule is CN(C(=O)Nc1ccc(F)c(C(=O)O)c1)C(C)(C)CO.